The van der Waals surface area contributed by atoms with Crippen molar-refractivity contribution in [3.8, 4) is 0 Å². The molecule has 0 aliphatic carbocycles. The summed E-state index contributed by atoms with van der Waals surface area (Å²) in [4.78, 5) is 29.6. The number of hydrazone groups is 1. The Bertz CT molecular complexity index is 965. The van der Waals surface area contributed by atoms with E-state index in [1.807, 2.05) is 23.4 Å². The maximum atomic E-state index is 12.8. The van der Waals surface area contributed by atoms with E-state index < -0.39 is 0 Å². The molecule has 0 saturated carbocycles. The molecule has 0 spiro atoms. The summed E-state index contributed by atoms with van der Waals surface area (Å²) in [5.74, 6) is 0.645. The zero-order valence-corrected chi connectivity index (χ0v) is 16.3. The Hall–Kier alpha value is -2.38. The van der Waals surface area contributed by atoms with E-state index in [0.29, 0.717) is 17.1 Å². The zero-order valence-electron chi connectivity index (χ0n) is 16.3. The van der Waals surface area contributed by atoms with Crippen molar-refractivity contribution < 1.29 is 0 Å². The largest absolute Gasteiger partial charge is 0.332 e. The summed E-state index contributed by atoms with van der Waals surface area (Å²) < 4.78 is 4.50. The number of anilines is 1. The Morgan fingerprint density at radius 2 is 1.73 bits per heavy atom. The first kappa shape index (κ1) is 18.4. The van der Waals surface area contributed by atoms with Crippen LogP contribution in [0.4, 0.5) is 5.95 Å². The maximum absolute atomic E-state index is 12.8. The SMILES string of the molecule is CCCCCCCN1N=C(C)[C@H](C)n2c1nc1c2c(=O)n(C)c(=O)n1C. The standard InChI is InChI=1S/C18H28N6O2/c1-6-7-8-9-10-11-23-17-19-15-14(24(17)13(3)12(2)20-23)16(25)22(5)18(26)21(15)4/h13H,6-11H2,1-5H3/t13-/m0/s1. The second kappa shape index (κ2) is 7.09. The summed E-state index contributed by atoms with van der Waals surface area (Å²) >= 11 is 0. The van der Waals surface area contributed by atoms with Crippen molar-refractivity contribution in [2.45, 2.75) is 58.9 Å². The van der Waals surface area contributed by atoms with E-state index in [4.69, 9.17) is 5.10 Å². The lowest BCUT2D eigenvalue weighted by molar-refractivity contribution is 0.590. The molecular formula is C18H28N6O2. The van der Waals surface area contributed by atoms with Gasteiger partial charge < -0.3 is 0 Å². The highest BCUT2D eigenvalue weighted by Crippen LogP contribution is 2.29. The van der Waals surface area contributed by atoms with Gasteiger partial charge in [-0.05, 0) is 20.3 Å². The highest BCUT2D eigenvalue weighted by atomic mass is 16.2. The smallest absolute Gasteiger partial charge is 0.294 e. The first-order valence-corrected chi connectivity index (χ1v) is 9.39. The Morgan fingerprint density at radius 3 is 2.42 bits per heavy atom. The fraction of sp³-hybridized carbons (Fsp3) is 0.667. The fourth-order valence-electron chi connectivity index (χ4n) is 3.47. The first-order chi connectivity index (χ1) is 12.4. The molecule has 0 radical (unpaired) electrons. The summed E-state index contributed by atoms with van der Waals surface area (Å²) in [5, 5.41) is 6.57. The average molecular weight is 360 g/mol. The van der Waals surface area contributed by atoms with Crippen molar-refractivity contribution in [2.24, 2.45) is 19.2 Å². The minimum Gasteiger partial charge on any atom is -0.294 e. The van der Waals surface area contributed by atoms with Gasteiger partial charge in [0, 0.05) is 20.6 Å². The van der Waals surface area contributed by atoms with Crippen molar-refractivity contribution in [2.75, 3.05) is 11.6 Å². The molecule has 0 N–H and O–H groups in total. The lowest BCUT2D eigenvalue weighted by Crippen LogP contribution is -2.38. The molecule has 0 saturated heterocycles. The van der Waals surface area contributed by atoms with Crippen LogP contribution in [0.15, 0.2) is 14.7 Å². The van der Waals surface area contributed by atoms with E-state index in [9.17, 15) is 9.59 Å². The summed E-state index contributed by atoms with van der Waals surface area (Å²) in [5.41, 5.74) is 1.13. The average Bonchev–Trinajstić information content (AvgIpc) is 3.03. The van der Waals surface area contributed by atoms with Gasteiger partial charge in [0.25, 0.3) is 5.56 Å². The minimum absolute atomic E-state index is 0.0726. The Kier molecular flexibility index (Phi) is 5.02. The molecule has 1 aliphatic rings. The quantitative estimate of drug-likeness (QED) is 0.740. The highest BCUT2D eigenvalue weighted by Gasteiger charge is 2.29. The van der Waals surface area contributed by atoms with Crippen molar-refractivity contribution in [3.05, 3.63) is 20.8 Å². The molecule has 0 amide bonds. The number of nitrogens with zero attached hydrogens (tertiary/aromatic N) is 6. The third kappa shape index (κ3) is 2.87. The number of aryl methyl sites for hydroxylation is 1. The second-order valence-corrected chi connectivity index (χ2v) is 7.11. The van der Waals surface area contributed by atoms with Gasteiger partial charge in [0.05, 0.1) is 11.8 Å². The molecule has 26 heavy (non-hydrogen) atoms. The number of hydrogen-bond acceptors (Lipinski definition) is 5. The van der Waals surface area contributed by atoms with Gasteiger partial charge in [-0.2, -0.15) is 10.1 Å². The Labute approximate surface area is 152 Å². The maximum Gasteiger partial charge on any atom is 0.332 e. The number of aromatic nitrogens is 4. The normalized spacial score (nSPS) is 16.9. The van der Waals surface area contributed by atoms with E-state index >= 15 is 0 Å². The van der Waals surface area contributed by atoms with Crippen LogP contribution >= 0.6 is 0 Å². The molecular weight excluding hydrogens is 332 g/mol. The van der Waals surface area contributed by atoms with Gasteiger partial charge in [-0.15, -0.1) is 0 Å². The molecule has 3 rings (SSSR count). The molecule has 8 heteroatoms. The van der Waals surface area contributed by atoms with Gasteiger partial charge in [0.1, 0.15) is 0 Å². The predicted octanol–water partition coefficient (Wildman–Crippen LogP) is 2.16. The molecule has 2 aromatic rings. The summed E-state index contributed by atoms with van der Waals surface area (Å²) in [6, 6.07) is -0.0726. The van der Waals surface area contributed by atoms with Gasteiger partial charge in [-0.3, -0.25) is 18.5 Å². The van der Waals surface area contributed by atoms with E-state index in [0.717, 1.165) is 29.7 Å². The van der Waals surface area contributed by atoms with Crippen LogP contribution in [0.3, 0.4) is 0 Å². The summed E-state index contributed by atoms with van der Waals surface area (Å²) in [7, 11) is 3.15. The van der Waals surface area contributed by atoms with Gasteiger partial charge >= 0.3 is 5.69 Å². The molecule has 1 atom stereocenters. The molecule has 1 aliphatic heterocycles. The van der Waals surface area contributed by atoms with E-state index in [2.05, 4.69) is 11.9 Å². The predicted molar refractivity (Wildman–Crippen MR) is 104 cm³/mol. The monoisotopic (exact) mass is 360 g/mol. The van der Waals surface area contributed by atoms with E-state index in [1.165, 1.54) is 30.9 Å². The van der Waals surface area contributed by atoms with Gasteiger partial charge in [0.15, 0.2) is 11.2 Å². The second-order valence-electron chi connectivity index (χ2n) is 7.11. The van der Waals surface area contributed by atoms with Crippen LogP contribution < -0.4 is 16.3 Å². The number of hydrogen-bond donors (Lipinski definition) is 0. The number of unbranched alkanes of at least 4 members (excludes halogenated alkanes) is 4. The van der Waals surface area contributed by atoms with Crippen LogP contribution in [0.5, 0.6) is 0 Å². The molecule has 2 aromatic heterocycles. The van der Waals surface area contributed by atoms with E-state index in [1.54, 1.807) is 7.05 Å². The van der Waals surface area contributed by atoms with Crippen LogP contribution in [0.1, 0.15) is 58.9 Å². The van der Waals surface area contributed by atoms with Gasteiger partial charge in [0.2, 0.25) is 5.95 Å². The summed E-state index contributed by atoms with van der Waals surface area (Å²) in [6.07, 6.45) is 5.84. The lowest BCUT2D eigenvalue weighted by Gasteiger charge is -2.29. The summed E-state index contributed by atoms with van der Waals surface area (Å²) in [6.45, 7) is 6.93. The molecule has 0 bridgehead atoms. The molecule has 0 aromatic carbocycles. The number of fused-ring (bicyclic) bond motifs is 3. The topological polar surface area (TPSA) is 77.4 Å². The number of rotatable bonds is 6. The molecule has 0 unspecified atom stereocenters. The molecule has 3 heterocycles. The third-order valence-electron chi connectivity index (χ3n) is 5.25. The minimum atomic E-state index is -0.366. The van der Waals surface area contributed by atoms with Gasteiger partial charge in [-0.25, -0.2) is 9.80 Å². The Morgan fingerprint density at radius 1 is 1.04 bits per heavy atom. The lowest BCUT2D eigenvalue weighted by atomic mass is 10.1. The van der Waals surface area contributed by atoms with Crippen LogP contribution in [0, 0.1) is 0 Å². The highest BCUT2D eigenvalue weighted by molar-refractivity contribution is 5.90. The van der Waals surface area contributed by atoms with Crippen molar-refractivity contribution in [3.63, 3.8) is 0 Å². The van der Waals surface area contributed by atoms with Crippen molar-refractivity contribution in [1.29, 1.82) is 0 Å². The van der Waals surface area contributed by atoms with Crippen LogP contribution in [-0.2, 0) is 14.1 Å². The molecule has 142 valence electrons. The Balaban J connectivity index is 2.06. The fourth-order valence-corrected chi connectivity index (χ4v) is 3.47. The molecule has 0 fully saturated rings. The zero-order chi connectivity index (χ0) is 19.0. The van der Waals surface area contributed by atoms with Gasteiger partial charge in [-0.1, -0.05) is 32.6 Å². The van der Waals surface area contributed by atoms with Crippen LogP contribution in [0.2, 0.25) is 0 Å². The first-order valence-electron chi connectivity index (χ1n) is 9.39. The number of imidazole rings is 1. The third-order valence-corrected chi connectivity index (χ3v) is 5.25. The van der Waals surface area contributed by atoms with Crippen molar-refractivity contribution >= 4 is 22.8 Å². The van der Waals surface area contributed by atoms with Crippen LogP contribution in [0.25, 0.3) is 11.2 Å². The van der Waals surface area contributed by atoms with E-state index in [-0.39, 0.29) is 17.3 Å². The molecule has 8 nitrogen and oxygen atoms in total. The van der Waals surface area contributed by atoms with Crippen molar-refractivity contribution in [1.82, 2.24) is 18.7 Å². The van der Waals surface area contributed by atoms with Crippen LogP contribution in [-0.4, -0.2) is 30.9 Å².